The van der Waals surface area contributed by atoms with E-state index in [1.165, 1.54) is 17.5 Å². The van der Waals surface area contributed by atoms with Crippen molar-refractivity contribution in [2.45, 2.75) is 12.4 Å². The molecule has 2 rings (SSSR count). The van der Waals surface area contributed by atoms with Gasteiger partial charge in [0, 0.05) is 0 Å². The Bertz CT molecular complexity index is 904. The first-order valence-corrected chi connectivity index (χ1v) is 8.04. The topological polar surface area (TPSA) is 62.0 Å². The van der Waals surface area contributed by atoms with Crippen LogP contribution in [0.5, 0.6) is 0 Å². The fourth-order valence-corrected chi connectivity index (χ4v) is 2.56. The molecule has 1 aromatic carbocycles. The first kappa shape index (κ1) is 20.9. The number of Topliss-reactive ketones (excluding diaryl/α,β-unsaturated/α-hetero) is 1. The lowest BCUT2D eigenvalue weighted by molar-refractivity contribution is -0.166. The molecule has 4 nitrogen and oxygen atoms in total. The molecule has 0 spiro atoms. The summed E-state index contributed by atoms with van der Waals surface area (Å²) in [4.78, 5) is 11.4. The molecule has 1 heterocycles. The summed E-state index contributed by atoms with van der Waals surface area (Å²) in [5, 5.41) is 17.3. The van der Waals surface area contributed by atoms with Crippen molar-refractivity contribution in [2.75, 3.05) is 0 Å². The molecule has 1 aromatic heterocycles. The molecule has 0 unspecified atom stereocenters. The van der Waals surface area contributed by atoms with Crippen molar-refractivity contribution in [1.29, 1.82) is 0 Å². The molecule has 0 atom stereocenters. The SMILES string of the molecule is O=C(/C(N=Nc1cc(C(F)(F)F)ccc1Cl)=C(\O)c1cccs1)C(F)(F)F. The number of benzene rings is 1. The monoisotopic (exact) mass is 428 g/mol. The Morgan fingerprint density at radius 1 is 1.11 bits per heavy atom. The second kappa shape index (κ2) is 7.69. The number of carbonyl (C=O) groups is 1. The summed E-state index contributed by atoms with van der Waals surface area (Å²) in [5.41, 5.74) is -3.27. The number of rotatable bonds is 4. The third kappa shape index (κ3) is 5.07. The molecule has 0 bridgehead atoms. The minimum Gasteiger partial charge on any atom is -0.504 e. The van der Waals surface area contributed by atoms with Crippen LogP contribution in [0.2, 0.25) is 5.02 Å². The van der Waals surface area contributed by atoms with E-state index in [0.717, 1.165) is 17.4 Å². The van der Waals surface area contributed by atoms with Crippen molar-refractivity contribution >= 4 is 40.2 Å². The minimum absolute atomic E-state index is 0.114. The van der Waals surface area contributed by atoms with E-state index in [1.54, 1.807) is 0 Å². The van der Waals surface area contributed by atoms with Crippen LogP contribution in [0.25, 0.3) is 5.76 Å². The molecule has 0 aliphatic carbocycles. The molecule has 0 saturated carbocycles. The van der Waals surface area contributed by atoms with E-state index < -0.39 is 40.8 Å². The molecule has 0 aliphatic rings. The number of halogens is 7. The van der Waals surface area contributed by atoms with Crippen molar-refractivity contribution in [3.8, 4) is 0 Å². The van der Waals surface area contributed by atoms with Gasteiger partial charge in [0.1, 0.15) is 5.69 Å². The van der Waals surface area contributed by atoms with Crippen molar-refractivity contribution < 1.29 is 36.2 Å². The van der Waals surface area contributed by atoms with Crippen molar-refractivity contribution in [3.05, 3.63) is 56.9 Å². The van der Waals surface area contributed by atoms with Crippen molar-refractivity contribution in [3.63, 3.8) is 0 Å². The number of hydrogen-bond acceptors (Lipinski definition) is 5. The molecule has 27 heavy (non-hydrogen) atoms. The number of hydrogen-bond donors (Lipinski definition) is 1. The summed E-state index contributed by atoms with van der Waals surface area (Å²) in [5.74, 6) is -3.63. The van der Waals surface area contributed by atoms with Gasteiger partial charge in [-0.3, -0.25) is 4.79 Å². The fourth-order valence-electron chi connectivity index (χ4n) is 1.73. The van der Waals surface area contributed by atoms with Crippen LogP contribution in [0.15, 0.2) is 51.6 Å². The summed E-state index contributed by atoms with van der Waals surface area (Å²) in [7, 11) is 0. The zero-order valence-corrected chi connectivity index (χ0v) is 14.3. The molecule has 12 heteroatoms. The highest BCUT2D eigenvalue weighted by Gasteiger charge is 2.43. The minimum atomic E-state index is -5.39. The maximum Gasteiger partial charge on any atom is 0.456 e. The zero-order chi connectivity index (χ0) is 20.4. The number of thiophene rings is 1. The Morgan fingerprint density at radius 3 is 2.30 bits per heavy atom. The van der Waals surface area contributed by atoms with Gasteiger partial charge in [-0.15, -0.1) is 21.6 Å². The van der Waals surface area contributed by atoms with Crippen LogP contribution < -0.4 is 0 Å². The van der Waals surface area contributed by atoms with Gasteiger partial charge in [-0.2, -0.15) is 26.3 Å². The van der Waals surface area contributed by atoms with Crippen molar-refractivity contribution in [1.82, 2.24) is 0 Å². The summed E-state index contributed by atoms with van der Waals surface area (Å²) in [6, 6.07) is 4.53. The van der Waals surface area contributed by atoms with Gasteiger partial charge in [0.15, 0.2) is 11.5 Å². The van der Waals surface area contributed by atoms with E-state index in [9.17, 15) is 36.2 Å². The molecule has 0 radical (unpaired) electrons. The lowest BCUT2D eigenvalue weighted by Crippen LogP contribution is -2.24. The maximum atomic E-state index is 12.8. The number of carbonyl (C=O) groups excluding carboxylic acids is 1. The summed E-state index contributed by atoms with van der Waals surface area (Å²) in [6.07, 6.45) is -10.1. The van der Waals surface area contributed by atoms with Crippen LogP contribution in [-0.4, -0.2) is 17.1 Å². The van der Waals surface area contributed by atoms with Gasteiger partial charge >= 0.3 is 12.4 Å². The third-order valence-corrected chi connectivity index (χ3v) is 4.18. The third-order valence-electron chi connectivity index (χ3n) is 2.98. The second-order valence-corrected chi connectivity index (χ2v) is 6.22. The molecular formula is C15H7ClF6N2O2S. The van der Waals surface area contributed by atoms with Crippen molar-refractivity contribution in [2.24, 2.45) is 10.2 Å². The van der Waals surface area contributed by atoms with Crippen LogP contribution in [0.1, 0.15) is 10.4 Å². The number of nitrogens with zero attached hydrogens (tertiary/aromatic N) is 2. The highest BCUT2D eigenvalue weighted by Crippen LogP contribution is 2.36. The predicted molar refractivity (Wildman–Crippen MR) is 85.9 cm³/mol. The maximum absolute atomic E-state index is 12.8. The Labute approximate surface area is 156 Å². The van der Waals surface area contributed by atoms with Crippen LogP contribution in [0, 0.1) is 0 Å². The molecule has 0 aliphatic heterocycles. The van der Waals surface area contributed by atoms with E-state index in [1.807, 2.05) is 0 Å². The van der Waals surface area contributed by atoms with E-state index >= 15 is 0 Å². The van der Waals surface area contributed by atoms with Crippen LogP contribution >= 0.6 is 22.9 Å². The Kier molecular flexibility index (Phi) is 5.95. The molecule has 0 saturated heterocycles. The molecule has 1 N–H and O–H groups in total. The number of aliphatic hydroxyl groups excluding tert-OH is 1. The Hall–Kier alpha value is -2.40. The highest BCUT2D eigenvalue weighted by atomic mass is 35.5. The first-order valence-electron chi connectivity index (χ1n) is 6.78. The van der Waals surface area contributed by atoms with Gasteiger partial charge in [0.2, 0.25) is 0 Å². The molecular weight excluding hydrogens is 422 g/mol. The fraction of sp³-hybridized carbons (Fsp3) is 0.133. The van der Waals surface area contributed by atoms with Gasteiger partial charge in [-0.1, -0.05) is 17.7 Å². The largest absolute Gasteiger partial charge is 0.504 e. The van der Waals surface area contributed by atoms with Gasteiger partial charge < -0.3 is 5.11 Å². The number of aliphatic hydroxyl groups is 1. The summed E-state index contributed by atoms with van der Waals surface area (Å²) in [6.45, 7) is 0. The van der Waals surface area contributed by atoms with Gasteiger partial charge in [0.05, 0.1) is 15.5 Å². The van der Waals surface area contributed by atoms with Gasteiger partial charge in [-0.25, -0.2) is 0 Å². The quantitative estimate of drug-likeness (QED) is 0.259. The Balaban J connectivity index is 2.54. The predicted octanol–water partition coefficient (Wildman–Crippen LogP) is 6.56. The van der Waals surface area contributed by atoms with Gasteiger partial charge in [0.25, 0.3) is 5.78 Å². The summed E-state index contributed by atoms with van der Waals surface area (Å²) < 4.78 is 76.5. The molecule has 144 valence electrons. The standard InChI is InChI=1S/C15H7ClF6N2O2S/c16-8-4-3-7(14(17,18)19)6-9(8)23-24-11(13(26)15(20,21)22)12(25)10-2-1-5-27-10/h1-6,25H/b12-11+,24-23?. The molecule has 2 aromatic rings. The average Bonchev–Trinajstić information content (AvgIpc) is 3.08. The van der Waals surface area contributed by atoms with Crippen LogP contribution in [0.4, 0.5) is 32.0 Å². The number of ketones is 1. The van der Waals surface area contributed by atoms with E-state index in [4.69, 9.17) is 11.6 Å². The smallest absolute Gasteiger partial charge is 0.456 e. The first-order chi connectivity index (χ1) is 12.4. The van der Waals surface area contributed by atoms with E-state index in [2.05, 4.69) is 10.2 Å². The Morgan fingerprint density at radius 2 is 1.78 bits per heavy atom. The zero-order valence-electron chi connectivity index (χ0n) is 12.8. The van der Waals surface area contributed by atoms with Gasteiger partial charge in [-0.05, 0) is 29.6 Å². The van der Waals surface area contributed by atoms with Crippen LogP contribution in [-0.2, 0) is 11.0 Å². The lowest BCUT2D eigenvalue weighted by atomic mass is 10.2. The molecule has 0 amide bonds. The molecule has 0 fully saturated rings. The number of alkyl halides is 6. The summed E-state index contributed by atoms with van der Waals surface area (Å²) >= 11 is 6.49. The second-order valence-electron chi connectivity index (χ2n) is 4.87. The number of azo groups is 1. The lowest BCUT2D eigenvalue weighted by Gasteiger charge is -2.08. The van der Waals surface area contributed by atoms with E-state index in [0.29, 0.717) is 12.1 Å². The average molecular weight is 429 g/mol. The number of allylic oxidation sites excluding steroid dienone is 1. The van der Waals surface area contributed by atoms with E-state index in [-0.39, 0.29) is 9.90 Å². The highest BCUT2D eigenvalue weighted by molar-refractivity contribution is 7.11. The van der Waals surface area contributed by atoms with Crippen LogP contribution in [0.3, 0.4) is 0 Å². The normalized spacial score (nSPS) is 13.7.